The highest BCUT2D eigenvalue weighted by Gasteiger charge is 2.14. The van der Waals surface area contributed by atoms with Crippen molar-refractivity contribution in [2.45, 2.75) is 81.0 Å². The summed E-state index contributed by atoms with van der Waals surface area (Å²) in [6.07, 6.45) is 3.81. The minimum atomic E-state index is 0.407. The number of hydrogen-bond donors (Lipinski definition) is 2. The van der Waals surface area contributed by atoms with E-state index >= 15 is 0 Å². The Morgan fingerprint density at radius 1 is 0.718 bits per heavy atom. The highest BCUT2D eigenvalue weighted by Crippen LogP contribution is 2.35. The lowest BCUT2D eigenvalue weighted by Crippen LogP contribution is -1.90. The largest absolute Gasteiger partial charge is 0.346 e. The quantitative estimate of drug-likeness (QED) is 0.206. The molecule has 0 unspecified atom stereocenters. The number of aromatic amines is 2. The molecule has 2 heterocycles. The van der Waals surface area contributed by atoms with Crippen molar-refractivity contribution in [1.82, 2.24) is 19.9 Å². The van der Waals surface area contributed by atoms with E-state index in [0.29, 0.717) is 31.9 Å². The van der Waals surface area contributed by atoms with E-state index in [9.17, 15) is 0 Å². The van der Waals surface area contributed by atoms with Crippen LogP contribution in [0.15, 0.2) is 57.4 Å². The lowest BCUT2D eigenvalue weighted by molar-refractivity contribution is 0.802. The van der Waals surface area contributed by atoms with E-state index in [1.807, 2.05) is 18.3 Å². The van der Waals surface area contributed by atoms with E-state index in [-0.39, 0.29) is 0 Å². The topological polar surface area (TPSA) is 57.4 Å². The second-order valence-corrected chi connectivity index (χ2v) is 13.0. The zero-order valence-electron chi connectivity index (χ0n) is 22.7. The molecule has 0 aliphatic heterocycles. The molecule has 0 saturated carbocycles. The molecule has 11 heteroatoms. The Morgan fingerprint density at radius 2 is 1.23 bits per heavy atom. The molecule has 4 aromatic rings. The Balaban J connectivity index is 0.000000225. The number of benzene rings is 2. The third-order valence-corrected chi connectivity index (χ3v) is 8.04. The van der Waals surface area contributed by atoms with Crippen LogP contribution in [0.4, 0.5) is 0 Å². The number of nitrogens with zero attached hydrogens (tertiary/aromatic N) is 2. The lowest BCUT2D eigenvalue weighted by Gasteiger charge is -2.06. The van der Waals surface area contributed by atoms with Crippen molar-refractivity contribution < 1.29 is 0 Å². The monoisotopic (exact) mass is 664 g/mol. The smallest absolute Gasteiger partial charge is 0.122 e. The number of aromatic nitrogens is 4. The zero-order chi connectivity index (χ0) is 29.1. The summed E-state index contributed by atoms with van der Waals surface area (Å²) < 4.78 is 0. The average Bonchev–Trinajstić information content (AvgIpc) is 3.51. The number of rotatable bonds is 7. The van der Waals surface area contributed by atoms with Crippen LogP contribution in [0.3, 0.4) is 0 Å². The molecule has 0 atom stereocenters. The van der Waals surface area contributed by atoms with E-state index in [0.717, 1.165) is 56.0 Å². The summed E-state index contributed by atoms with van der Waals surface area (Å²) in [6, 6.07) is 10.7. The van der Waals surface area contributed by atoms with E-state index in [4.69, 9.17) is 57.1 Å². The van der Waals surface area contributed by atoms with Crippen LogP contribution in [0.25, 0.3) is 0 Å². The van der Waals surface area contributed by atoms with Crippen molar-refractivity contribution in [2.75, 3.05) is 0 Å². The lowest BCUT2D eigenvalue weighted by atomic mass is 10.2. The molecule has 0 radical (unpaired) electrons. The van der Waals surface area contributed by atoms with E-state index in [2.05, 4.69) is 61.5 Å². The Bertz CT molecular complexity index is 1280. The van der Waals surface area contributed by atoms with Gasteiger partial charge in [0, 0.05) is 54.6 Å². The molecule has 0 bridgehead atoms. The molecular weight excluding hydrogens is 634 g/mol. The van der Waals surface area contributed by atoms with Crippen molar-refractivity contribution >= 4 is 79.8 Å². The molecule has 2 aromatic carbocycles. The predicted octanol–water partition coefficient (Wildman–Crippen LogP) is 11.9. The molecular formula is C28H33Cl5N4S2. The van der Waals surface area contributed by atoms with Gasteiger partial charge in [-0.2, -0.15) is 0 Å². The molecule has 4 nitrogen and oxygen atoms in total. The number of hydrogen-bond acceptors (Lipinski definition) is 4. The molecule has 0 aliphatic carbocycles. The SMILES string of the molecule is CCc1nc(Sc2cc(Cl)cc(Cl)c2)c(C(C)C)[nH]1.CCc1ncc(C(C)C)[nH]1.ClSc1cc(Cl)cc(Cl)c1. The number of aryl methyl sites for hydroxylation is 2. The van der Waals surface area contributed by atoms with Crippen LogP contribution in [0.5, 0.6) is 0 Å². The van der Waals surface area contributed by atoms with Crippen LogP contribution in [-0.4, -0.2) is 19.9 Å². The summed E-state index contributed by atoms with van der Waals surface area (Å²) in [5.74, 6) is 3.07. The second-order valence-electron chi connectivity index (χ2n) is 9.09. The summed E-state index contributed by atoms with van der Waals surface area (Å²) in [4.78, 5) is 17.3. The Kier molecular flexibility index (Phi) is 15.0. The Morgan fingerprint density at radius 3 is 1.62 bits per heavy atom. The van der Waals surface area contributed by atoms with Crippen molar-refractivity contribution in [3.63, 3.8) is 0 Å². The normalized spacial score (nSPS) is 10.8. The Labute approximate surface area is 264 Å². The third kappa shape index (κ3) is 11.8. The van der Waals surface area contributed by atoms with Gasteiger partial charge in [0.05, 0.1) is 5.69 Å². The van der Waals surface area contributed by atoms with Crippen molar-refractivity contribution in [2.24, 2.45) is 0 Å². The molecule has 2 aromatic heterocycles. The van der Waals surface area contributed by atoms with Crippen LogP contribution in [-0.2, 0) is 12.8 Å². The van der Waals surface area contributed by atoms with Gasteiger partial charge in [0.1, 0.15) is 16.7 Å². The first-order chi connectivity index (χ1) is 18.4. The van der Waals surface area contributed by atoms with Gasteiger partial charge in [0.2, 0.25) is 0 Å². The third-order valence-electron chi connectivity index (χ3n) is 5.24. The first kappa shape index (κ1) is 34.2. The highest BCUT2D eigenvalue weighted by molar-refractivity contribution is 8.21. The van der Waals surface area contributed by atoms with Gasteiger partial charge >= 0.3 is 0 Å². The minimum Gasteiger partial charge on any atom is -0.346 e. The first-order valence-electron chi connectivity index (χ1n) is 12.5. The number of nitrogens with one attached hydrogen (secondary N) is 2. The molecule has 39 heavy (non-hydrogen) atoms. The molecule has 4 rings (SSSR count). The first-order valence-corrected chi connectivity index (χ1v) is 16.4. The number of H-pyrrole nitrogens is 2. The summed E-state index contributed by atoms with van der Waals surface area (Å²) in [5, 5.41) is 3.51. The number of imidazole rings is 2. The van der Waals surface area contributed by atoms with Crippen LogP contribution in [0, 0.1) is 0 Å². The molecule has 0 amide bonds. The van der Waals surface area contributed by atoms with Gasteiger partial charge in [-0.1, -0.05) is 99.7 Å². The molecule has 2 N–H and O–H groups in total. The van der Waals surface area contributed by atoms with Gasteiger partial charge in [-0.3, -0.25) is 0 Å². The minimum absolute atomic E-state index is 0.407. The summed E-state index contributed by atoms with van der Waals surface area (Å²) in [7, 11) is 6.57. The summed E-state index contributed by atoms with van der Waals surface area (Å²) >= 11 is 25.0. The van der Waals surface area contributed by atoms with Crippen LogP contribution >= 0.6 is 79.8 Å². The second kappa shape index (κ2) is 17.1. The van der Waals surface area contributed by atoms with Gasteiger partial charge in [-0.25, -0.2) is 9.97 Å². The highest BCUT2D eigenvalue weighted by atomic mass is 35.7. The van der Waals surface area contributed by atoms with E-state index < -0.39 is 0 Å². The zero-order valence-corrected chi connectivity index (χ0v) is 28.1. The fraction of sp³-hybridized carbons (Fsp3) is 0.357. The van der Waals surface area contributed by atoms with Gasteiger partial charge in [0.25, 0.3) is 0 Å². The fourth-order valence-corrected chi connectivity index (χ4v) is 6.25. The molecule has 212 valence electrons. The van der Waals surface area contributed by atoms with Crippen LogP contribution in [0.2, 0.25) is 20.1 Å². The van der Waals surface area contributed by atoms with Gasteiger partial charge in [-0.15, -0.1) is 0 Å². The fourth-order valence-electron chi connectivity index (χ4n) is 3.18. The van der Waals surface area contributed by atoms with Crippen molar-refractivity contribution in [1.29, 1.82) is 0 Å². The standard InChI is InChI=1S/C14H16Cl2N2S.C8H14N2.C6H3Cl3S/c1-4-12-17-13(8(2)3)14(18-12)19-11-6-9(15)5-10(16)7-11;1-4-8-9-5-7(10-8)6(2)3;7-4-1-5(8)3-6(2-4)10-9/h5-8H,4H2,1-3H3,(H,17,18);5-6H,4H2,1-3H3,(H,9,10);1-3H. The van der Waals surface area contributed by atoms with E-state index in [1.54, 1.807) is 36.0 Å². The molecule has 0 saturated heterocycles. The van der Waals surface area contributed by atoms with Gasteiger partial charge < -0.3 is 9.97 Å². The predicted molar refractivity (Wildman–Crippen MR) is 173 cm³/mol. The van der Waals surface area contributed by atoms with Crippen LogP contribution < -0.4 is 0 Å². The van der Waals surface area contributed by atoms with Crippen molar-refractivity contribution in [3.05, 3.63) is 85.7 Å². The Hall–Kier alpha value is -0.990. The average molecular weight is 667 g/mol. The van der Waals surface area contributed by atoms with Crippen molar-refractivity contribution in [3.8, 4) is 0 Å². The van der Waals surface area contributed by atoms with E-state index in [1.165, 1.54) is 5.69 Å². The molecule has 0 fully saturated rings. The van der Waals surface area contributed by atoms with Gasteiger partial charge in [0.15, 0.2) is 0 Å². The van der Waals surface area contributed by atoms with Crippen LogP contribution in [0.1, 0.15) is 76.4 Å². The maximum atomic E-state index is 6.03. The molecule has 0 spiro atoms. The maximum absolute atomic E-state index is 6.03. The summed E-state index contributed by atoms with van der Waals surface area (Å²) in [6.45, 7) is 12.8. The summed E-state index contributed by atoms with van der Waals surface area (Å²) in [5.41, 5.74) is 2.40. The van der Waals surface area contributed by atoms with Gasteiger partial charge in [-0.05, 0) is 69.9 Å². The molecule has 0 aliphatic rings. The number of halogens is 5. The maximum Gasteiger partial charge on any atom is 0.122 e.